The van der Waals surface area contributed by atoms with Gasteiger partial charge in [0.15, 0.2) is 0 Å². The van der Waals surface area contributed by atoms with Gasteiger partial charge in [-0.1, -0.05) is 34.1 Å². The lowest BCUT2D eigenvalue weighted by Gasteiger charge is -2.25. The first-order chi connectivity index (χ1) is 9.16. The van der Waals surface area contributed by atoms with Crippen LogP contribution in [0, 0.1) is 5.92 Å². The summed E-state index contributed by atoms with van der Waals surface area (Å²) in [5.41, 5.74) is 1.05. The number of rotatable bonds is 5. The molecule has 2 unspecified atom stereocenters. The maximum Gasteiger partial charge on any atom is 0.306 e. The molecule has 1 saturated heterocycles. The maximum atomic E-state index is 11.4. The lowest BCUT2D eigenvalue weighted by Crippen LogP contribution is -2.27. The summed E-state index contributed by atoms with van der Waals surface area (Å²) in [6.07, 6.45) is 4.50. The Bertz CT molecular complexity index is 427. The van der Waals surface area contributed by atoms with Crippen LogP contribution in [0.1, 0.15) is 31.2 Å². The molecule has 4 heteroatoms. The van der Waals surface area contributed by atoms with Gasteiger partial charge in [0.2, 0.25) is 0 Å². The highest BCUT2D eigenvalue weighted by Gasteiger charge is 2.25. The van der Waals surface area contributed by atoms with E-state index >= 15 is 0 Å². The fraction of sp³-hybridized carbons (Fsp3) is 0.533. The van der Waals surface area contributed by atoms with E-state index in [-0.39, 0.29) is 12.0 Å². The monoisotopic (exact) mass is 326 g/mol. The first-order valence-corrected chi connectivity index (χ1v) is 7.54. The van der Waals surface area contributed by atoms with Crippen LogP contribution in [0.3, 0.4) is 0 Å². The lowest BCUT2D eigenvalue weighted by molar-refractivity contribution is -0.143. The highest BCUT2D eigenvalue weighted by Crippen LogP contribution is 2.25. The first-order valence-electron chi connectivity index (χ1n) is 6.74. The van der Waals surface area contributed by atoms with Crippen molar-refractivity contribution in [2.45, 2.75) is 38.2 Å². The second kappa shape index (κ2) is 7.06. The number of benzene rings is 1. The van der Waals surface area contributed by atoms with E-state index in [0.717, 1.165) is 35.9 Å². The van der Waals surface area contributed by atoms with Gasteiger partial charge in [-0.25, -0.2) is 0 Å². The molecule has 0 spiro atoms. The molecule has 104 valence electrons. The summed E-state index contributed by atoms with van der Waals surface area (Å²) in [7, 11) is 0. The molecule has 0 saturated carbocycles. The number of carboxylic acids is 1. The van der Waals surface area contributed by atoms with Gasteiger partial charge in [-0.15, -0.1) is 0 Å². The molecule has 1 N–H and O–H groups in total. The second-order valence-electron chi connectivity index (χ2n) is 5.05. The van der Waals surface area contributed by atoms with Crippen molar-refractivity contribution in [2.24, 2.45) is 5.92 Å². The lowest BCUT2D eigenvalue weighted by atomic mass is 9.91. The van der Waals surface area contributed by atoms with E-state index in [1.54, 1.807) is 0 Å². The van der Waals surface area contributed by atoms with Crippen LogP contribution in [-0.4, -0.2) is 23.8 Å². The summed E-state index contributed by atoms with van der Waals surface area (Å²) in [5.74, 6) is -1.10. The Morgan fingerprint density at radius 3 is 2.84 bits per heavy atom. The van der Waals surface area contributed by atoms with E-state index in [4.69, 9.17) is 4.74 Å². The zero-order valence-corrected chi connectivity index (χ0v) is 12.4. The third kappa shape index (κ3) is 4.32. The van der Waals surface area contributed by atoms with Crippen molar-refractivity contribution < 1.29 is 14.6 Å². The second-order valence-corrected chi connectivity index (χ2v) is 5.91. The Hall–Kier alpha value is -0.870. The van der Waals surface area contributed by atoms with Gasteiger partial charge >= 0.3 is 5.97 Å². The molecule has 1 fully saturated rings. The number of aliphatic carboxylic acids is 1. The predicted molar refractivity (Wildman–Crippen MR) is 77.2 cm³/mol. The zero-order chi connectivity index (χ0) is 13.7. The van der Waals surface area contributed by atoms with Crippen molar-refractivity contribution in [1.29, 1.82) is 0 Å². The summed E-state index contributed by atoms with van der Waals surface area (Å²) < 4.78 is 6.63. The molecule has 0 bridgehead atoms. The summed E-state index contributed by atoms with van der Waals surface area (Å²) in [6.45, 7) is 0.770. The number of halogens is 1. The van der Waals surface area contributed by atoms with Crippen LogP contribution in [0.5, 0.6) is 0 Å². The van der Waals surface area contributed by atoms with Crippen LogP contribution in [0.4, 0.5) is 0 Å². The topological polar surface area (TPSA) is 46.5 Å². The standard InChI is InChI=1S/C15H19BrO3/c16-14-7-2-1-5-11(14)9-12(15(17)18)10-13-6-3-4-8-19-13/h1-2,5,7,12-13H,3-4,6,8-10H2,(H,17,18). The Morgan fingerprint density at radius 1 is 1.42 bits per heavy atom. The van der Waals surface area contributed by atoms with Gasteiger partial charge in [0.25, 0.3) is 0 Å². The summed E-state index contributed by atoms with van der Waals surface area (Å²) in [6, 6.07) is 7.80. The van der Waals surface area contributed by atoms with Crippen LogP contribution in [0.25, 0.3) is 0 Å². The van der Waals surface area contributed by atoms with Crippen LogP contribution in [0.2, 0.25) is 0 Å². The minimum absolute atomic E-state index is 0.109. The number of carbonyl (C=O) groups is 1. The van der Waals surface area contributed by atoms with E-state index < -0.39 is 5.97 Å². The minimum Gasteiger partial charge on any atom is -0.481 e. The molecule has 0 aromatic heterocycles. The number of carboxylic acid groups (broad SMARTS) is 1. The largest absolute Gasteiger partial charge is 0.481 e. The molecule has 3 nitrogen and oxygen atoms in total. The fourth-order valence-electron chi connectivity index (χ4n) is 2.51. The molecule has 1 heterocycles. The highest BCUT2D eigenvalue weighted by atomic mass is 79.9. The fourth-order valence-corrected chi connectivity index (χ4v) is 2.96. The van der Waals surface area contributed by atoms with Gasteiger partial charge in [0.1, 0.15) is 0 Å². The molecule has 0 radical (unpaired) electrons. The molecule has 1 aliphatic rings. The minimum atomic E-state index is -0.732. The third-order valence-electron chi connectivity index (χ3n) is 3.59. The van der Waals surface area contributed by atoms with E-state index in [2.05, 4.69) is 15.9 Å². The van der Waals surface area contributed by atoms with Gasteiger partial charge in [-0.3, -0.25) is 4.79 Å². The SMILES string of the molecule is O=C(O)C(Cc1ccccc1Br)CC1CCCCO1. The van der Waals surface area contributed by atoms with E-state index in [1.165, 1.54) is 0 Å². The molecular weight excluding hydrogens is 308 g/mol. The average molecular weight is 327 g/mol. The van der Waals surface area contributed by atoms with E-state index in [1.807, 2.05) is 24.3 Å². The summed E-state index contributed by atoms with van der Waals surface area (Å²) in [4.78, 5) is 11.4. The van der Waals surface area contributed by atoms with Crippen LogP contribution in [0.15, 0.2) is 28.7 Å². The van der Waals surface area contributed by atoms with Gasteiger partial charge in [0, 0.05) is 11.1 Å². The molecule has 0 amide bonds. The van der Waals surface area contributed by atoms with Crippen molar-refractivity contribution in [3.63, 3.8) is 0 Å². The van der Waals surface area contributed by atoms with Gasteiger partial charge in [-0.05, 0) is 43.7 Å². The summed E-state index contributed by atoms with van der Waals surface area (Å²) in [5, 5.41) is 9.39. The van der Waals surface area contributed by atoms with Crippen LogP contribution < -0.4 is 0 Å². The number of hydrogen-bond acceptors (Lipinski definition) is 2. The molecule has 1 aromatic carbocycles. The smallest absolute Gasteiger partial charge is 0.306 e. The molecule has 19 heavy (non-hydrogen) atoms. The Kier molecular flexibility index (Phi) is 5.40. The highest BCUT2D eigenvalue weighted by molar-refractivity contribution is 9.10. The summed E-state index contributed by atoms with van der Waals surface area (Å²) >= 11 is 3.47. The predicted octanol–water partition coefficient (Wildman–Crippen LogP) is 3.65. The van der Waals surface area contributed by atoms with Gasteiger partial charge in [-0.2, -0.15) is 0 Å². The molecule has 1 aromatic rings. The molecule has 1 aliphatic heterocycles. The number of ether oxygens (including phenoxy) is 1. The van der Waals surface area contributed by atoms with Crippen molar-refractivity contribution in [2.75, 3.05) is 6.61 Å². The molecule has 2 atom stereocenters. The van der Waals surface area contributed by atoms with Gasteiger partial charge < -0.3 is 9.84 Å². The molecule has 0 aliphatic carbocycles. The van der Waals surface area contributed by atoms with Gasteiger partial charge in [0.05, 0.1) is 12.0 Å². The first kappa shape index (κ1) is 14.5. The average Bonchev–Trinajstić information content (AvgIpc) is 2.41. The quantitative estimate of drug-likeness (QED) is 0.898. The molecular formula is C15H19BrO3. The maximum absolute atomic E-state index is 11.4. The van der Waals surface area contributed by atoms with Crippen molar-refractivity contribution in [3.8, 4) is 0 Å². The molecule has 2 rings (SSSR count). The number of hydrogen-bond donors (Lipinski definition) is 1. The van der Waals surface area contributed by atoms with E-state index in [9.17, 15) is 9.90 Å². The zero-order valence-electron chi connectivity index (χ0n) is 10.8. The Balaban J connectivity index is 2.00. The van der Waals surface area contributed by atoms with Crippen LogP contribution in [-0.2, 0) is 16.0 Å². The Labute approximate surface area is 122 Å². The van der Waals surface area contributed by atoms with Crippen LogP contribution >= 0.6 is 15.9 Å². The normalized spacial score (nSPS) is 21.0. The van der Waals surface area contributed by atoms with Crippen molar-refractivity contribution >= 4 is 21.9 Å². The van der Waals surface area contributed by atoms with E-state index in [0.29, 0.717) is 12.8 Å². The van der Waals surface area contributed by atoms with Crippen molar-refractivity contribution in [3.05, 3.63) is 34.3 Å². The van der Waals surface area contributed by atoms with Crippen molar-refractivity contribution in [1.82, 2.24) is 0 Å². The third-order valence-corrected chi connectivity index (χ3v) is 4.37. The Morgan fingerprint density at radius 2 is 2.21 bits per heavy atom.